The molecule has 1 amide bonds. The van der Waals surface area contributed by atoms with Crippen LogP contribution in [-0.4, -0.2) is 39.3 Å². The minimum atomic E-state index is -3.53. The van der Waals surface area contributed by atoms with Crippen LogP contribution in [-0.2, 0) is 25.1 Å². The minimum absolute atomic E-state index is 0.00909. The van der Waals surface area contributed by atoms with Crippen molar-refractivity contribution >= 4 is 15.7 Å². The molecule has 0 aliphatic carbocycles. The van der Waals surface area contributed by atoms with Gasteiger partial charge in [0, 0.05) is 13.2 Å². The van der Waals surface area contributed by atoms with Crippen LogP contribution in [0, 0.1) is 11.3 Å². The minimum Gasteiger partial charge on any atom is -0.376 e. The van der Waals surface area contributed by atoms with Crippen molar-refractivity contribution in [3.8, 4) is 6.07 Å². The molecule has 1 unspecified atom stereocenters. The van der Waals surface area contributed by atoms with E-state index in [-0.39, 0.29) is 11.9 Å². The number of sulfone groups is 1. The first-order valence-electron chi connectivity index (χ1n) is 7.06. The van der Waals surface area contributed by atoms with Crippen molar-refractivity contribution < 1.29 is 17.9 Å². The van der Waals surface area contributed by atoms with Gasteiger partial charge in [-0.3, -0.25) is 4.79 Å². The lowest BCUT2D eigenvalue weighted by Gasteiger charge is -2.11. The van der Waals surface area contributed by atoms with Gasteiger partial charge in [-0.15, -0.1) is 0 Å². The van der Waals surface area contributed by atoms with Gasteiger partial charge in [-0.2, -0.15) is 5.26 Å². The Morgan fingerprint density at radius 1 is 1.36 bits per heavy atom. The van der Waals surface area contributed by atoms with Gasteiger partial charge < -0.3 is 10.1 Å². The largest absolute Gasteiger partial charge is 0.376 e. The Morgan fingerprint density at radius 3 is 2.68 bits per heavy atom. The lowest BCUT2D eigenvalue weighted by molar-refractivity contribution is -0.119. The van der Waals surface area contributed by atoms with Crippen LogP contribution in [0.15, 0.2) is 24.3 Å². The summed E-state index contributed by atoms with van der Waals surface area (Å²) in [5.74, 6) is -1.27. The van der Waals surface area contributed by atoms with Crippen LogP contribution in [0.2, 0.25) is 0 Å². The summed E-state index contributed by atoms with van der Waals surface area (Å²) in [5.41, 5.74) is 1.03. The third-order valence-electron chi connectivity index (χ3n) is 3.37. The van der Waals surface area contributed by atoms with Gasteiger partial charge in [-0.1, -0.05) is 12.1 Å². The van der Waals surface area contributed by atoms with Gasteiger partial charge in [0.05, 0.1) is 23.5 Å². The number of amides is 1. The van der Waals surface area contributed by atoms with Crippen LogP contribution in [0.4, 0.5) is 0 Å². The Balaban J connectivity index is 1.84. The average Bonchev–Trinajstić information content (AvgIpc) is 2.98. The Bertz CT molecular complexity index is 656. The van der Waals surface area contributed by atoms with Crippen LogP contribution < -0.4 is 5.32 Å². The topological polar surface area (TPSA) is 96.3 Å². The lowest BCUT2D eigenvalue weighted by atomic mass is 10.2. The Hall–Kier alpha value is -1.91. The van der Waals surface area contributed by atoms with Crippen LogP contribution in [0.3, 0.4) is 0 Å². The number of hydrogen-bond acceptors (Lipinski definition) is 5. The summed E-state index contributed by atoms with van der Waals surface area (Å²) >= 11 is 0. The molecular weight excluding hydrogens is 304 g/mol. The highest BCUT2D eigenvalue weighted by Gasteiger charge is 2.20. The van der Waals surface area contributed by atoms with E-state index in [9.17, 15) is 13.2 Å². The summed E-state index contributed by atoms with van der Waals surface area (Å²) in [6.07, 6.45) is 1.85. The highest BCUT2D eigenvalue weighted by Crippen LogP contribution is 2.11. The third-order valence-corrected chi connectivity index (χ3v) is 4.85. The molecule has 1 saturated heterocycles. The summed E-state index contributed by atoms with van der Waals surface area (Å²) in [6.45, 7) is 1.04. The molecule has 1 N–H and O–H groups in total. The number of nitriles is 1. The molecule has 1 atom stereocenters. The molecule has 1 fully saturated rings. The molecule has 6 nitrogen and oxygen atoms in total. The molecule has 1 aliphatic rings. The molecule has 2 rings (SSSR count). The fourth-order valence-electron chi connectivity index (χ4n) is 2.26. The van der Waals surface area contributed by atoms with E-state index in [1.807, 2.05) is 6.07 Å². The first-order chi connectivity index (χ1) is 10.5. The number of carbonyl (C=O) groups excluding carboxylic acids is 1. The predicted octanol–water partition coefficient (Wildman–Crippen LogP) is 0.768. The number of hydrogen-bond donors (Lipinski definition) is 1. The maximum Gasteiger partial charge on any atom is 0.235 e. The van der Waals surface area contributed by atoms with E-state index in [1.54, 1.807) is 24.3 Å². The highest BCUT2D eigenvalue weighted by atomic mass is 32.2. The molecule has 0 saturated carbocycles. The predicted molar refractivity (Wildman–Crippen MR) is 80.6 cm³/mol. The fourth-order valence-corrected chi connectivity index (χ4v) is 3.57. The molecule has 1 aliphatic heterocycles. The molecular formula is C15H18N2O4S. The van der Waals surface area contributed by atoms with Gasteiger partial charge in [0.2, 0.25) is 5.91 Å². The number of nitrogens with one attached hydrogen (secondary N) is 1. The van der Waals surface area contributed by atoms with E-state index in [1.165, 1.54) is 0 Å². The Morgan fingerprint density at radius 2 is 2.09 bits per heavy atom. The summed E-state index contributed by atoms with van der Waals surface area (Å²) in [5, 5.41) is 11.3. The first-order valence-corrected chi connectivity index (χ1v) is 8.88. The van der Waals surface area contributed by atoms with Crippen LogP contribution in [0.1, 0.15) is 24.0 Å². The Kier molecular flexibility index (Phi) is 5.52. The van der Waals surface area contributed by atoms with E-state index in [4.69, 9.17) is 10.00 Å². The third kappa shape index (κ3) is 5.13. The quantitative estimate of drug-likeness (QED) is 0.834. The summed E-state index contributed by atoms with van der Waals surface area (Å²) in [4.78, 5) is 11.7. The average molecular weight is 322 g/mol. The number of carbonyl (C=O) groups is 1. The number of nitrogens with zero attached hydrogens (tertiary/aromatic N) is 1. The van der Waals surface area contributed by atoms with Crippen molar-refractivity contribution in [2.45, 2.75) is 24.7 Å². The van der Waals surface area contributed by atoms with Crippen molar-refractivity contribution in [3.63, 3.8) is 0 Å². The zero-order valence-electron chi connectivity index (χ0n) is 12.1. The molecule has 0 bridgehead atoms. The van der Waals surface area contributed by atoms with Crippen LogP contribution >= 0.6 is 0 Å². The van der Waals surface area contributed by atoms with E-state index >= 15 is 0 Å². The maximum atomic E-state index is 12.0. The van der Waals surface area contributed by atoms with Gasteiger partial charge in [0.1, 0.15) is 5.75 Å². The number of ether oxygens (including phenoxy) is 1. The second-order valence-corrected chi connectivity index (χ2v) is 7.34. The van der Waals surface area contributed by atoms with Crippen LogP contribution in [0.5, 0.6) is 0 Å². The monoisotopic (exact) mass is 322 g/mol. The normalized spacial score (nSPS) is 17.9. The van der Waals surface area contributed by atoms with Gasteiger partial charge >= 0.3 is 0 Å². The van der Waals surface area contributed by atoms with Crippen molar-refractivity contribution in [1.82, 2.24) is 5.32 Å². The van der Waals surface area contributed by atoms with Crippen molar-refractivity contribution in [2.75, 3.05) is 18.9 Å². The second-order valence-electron chi connectivity index (χ2n) is 5.28. The number of rotatable bonds is 6. The van der Waals surface area contributed by atoms with Crippen molar-refractivity contribution in [3.05, 3.63) is 35.4 Å². The molecule has 7 heteroatoms. The van der Waals surface area contributed by atoms with E-state index < -0.39 is 21.5 Å². The zero-order chi connectivity index (χ0) is 16.0. The fraction of sp³-hybridized carbons (Fsp3) is 0.467. The van der Waals surface area contributed by atoms with E-state index in [2.05, 4.69) is 5.32 Å². The molecule has 1 aromatic carbocycles. The summed E-state index contributed by atoms with van der Waals surface area (Å²) < 4.78 is 29.4. The van der Waals surface area contributed by atoms with Gasteiger partial charge in [0.25, 0.3) is 0 Å². The number of benzene rings is 1. The van der Waals surface area contributed by atoms with Crippen LogP contribution in [0.25, 0.3) is 0 Å². The molecule has 0 radical (unpaired) electrons. The summed E-state index contributed by atoms with van der Waals surface area (Å²) in [7, 11) is -3.53. The van der Waals surface area contributed by atoms with E-state index in [0.29, 0.717) is 24.3 Å². The molecule has 1 heterocycles. The lowest BCUT2D eigenvalue weighted by Crippen LogP contribution is -2.36. The highest BCUT2D eigenvalue weighted by molar-refractivity contribution is 7.91. The SMILES string of the molecule is N#Cc1ccc(CS(=O)(=O)CC(=O)NCC2CCCO2)cc1. The van der Waals surface area contributed by atoms with E-state index in [0.717, 1.165) is 12.8 Å². The van der Waals surface area contributed by atoms with Gasteiger partial charge in [0.15, 0.2) is 9.84 Å². The maximum absolute atomic E-state index is 12.0. The second kappa shape index (κ2) is 7.38. The van der Waals surface area contributed by atoms with Crippen molar-refractivity contribution in [2.24, 2.45) is 0 Å². The molecule has 0 spiro atoms. The molecule has 0 aromatic heterocycles. The molecule has 1 aromatic rings. The van der Waals surface area contributed by atoms with Gasteiger partial charge in [-0.25, -0.2) is 8.42 Å². The first kappa shape index (κ1) is 16.5. The van der Waals surface area contributed by atoms with Crippen molar-refractivity contribution in [1.29, 1.82) is 5.26 Å². The smallest absolute Gasteiger partial charge is 0.235 e. The zero-order valence-corrected chi connectivity index (χ0v) is 12.9. The molecule has 22 heavy (non-hydrogen) atoms. The summed E-state index contributed by atoms with van der Waals surface area (Å²) in [6, 6.07) is 8.25. The Labute approximate surface area is 130 Å². The molecule has 118 valence electrons. The standard InChI is InChI=1S/C15H18N2O4S/c16-8-12-3-5-13(6-4-12)10-22(19,20)11-15(18)17-9-14-2-1-7-21-14/h3-6,14H,1-2,7,9-11H2,(H,17,18). The van der Waals surface area contributed by atoms with Gasteiger partial charge in [-0.05, 0) is 30.5 Å².